The van der Waals surface area contributed by atoms with Crippen LogP contribution in [0.1, 0.15) is 18.4 Å². The Labute approximate surface area is 77.4 Å². The number of nitrogens with one attached hydrogen (secondary N) is 1. The highest BCUT2D eigenvalue weighted by molar-refractivity contribution is 5.32. The highest BCUT2D eigenvalue weighted by atomic mass is 19.1. The Bertz CT molecular complexity index is 288. The number of benzene rings is 1. The van der Waals surface area contributed by atoms with Crippen LogP contribution in [0.2, 0.25) is 0 Å². The van der Waals surface area contributed by atoms with E-state index in [-0.39, 0.29) is 11.7 Å². The van der Waals surface area contributed by atoms with Crippen molar-refractivity contribution in [3.63, 3.8) is 0 Å². The summed E-state index contributed by atoms with van der Waals surface area (Å²) in [7, 11) is 1.82. The third-order valence-electron chi connectivity index (χ3n) is 2.05. The van der Waals surface area contributed by atoms with Crippen molar-refractivity contribution in [2.75, 3.05) is 13.6 Å². The smallest absolute Gasteiger partial charge is 0.168 e. The van der Waals surface area contributed by atoms with Gasteiger partial charge in [0.1, 0.15) is 0 Å². The van der Waals surface area contributed by atoms with Crippen molar-refractivity contribution in [1.29, 1.82) is 0 Å². The highest BCUT2D eigenvalue weighted by Gasteiger charge is 2.12. The number of aromatic hydroxyl groups is 1. The Morgan fingerprint density at radius 3 is 2.85 bits per heavy atom. The molecular weight excluding hydrogens is 169 g/mol. The lowest BCUT2D eigenvalue weighted by atomic mass is 10.0. The molecule has 0 amide bonds. The largest absolute Gasteiger partial charge is 0.505 e. The fourth-order valence-corrected chi connectivity index (χ4v) is 1.33. The first-order valence-corrected chi connectivity index (χ1v) is 4.28. The van der Waals surface area contributed by atoms with Gasteiger partial charge in [-0.05, 0) is 24.6 Å². The van der Waals surface area contributed by atoms with E-state index in [9.17, 15) is 4.39 Å². The SMILES string of the molecule is CNCC(C)c1cccc(O)c1F. The highest BCUT2D eigenvalue weighted by Crippen LogP contribution is 2.24. The van der Waals surface area contributed by atoms with Crippen LogP contribution < -0.4 is 5.32 Å². The first-order valence-electron chi connectivity index (χ1n) is 4.28. The fourth-order valence-electron chi connectivity index (χ4n) is 1.33. The Kier molecular flexibility index (Phi) is 3.25. The van der Waals surface area contributed by atoms with Crippen LogP contribution in [-0.4, -0.2) is 18.7 Å². The maximum atomic E-state index is 13.3. The van der Waals surface area contributed by atoms with Crippen LogP contribution in [-0.2, 0) is 0 Å². The third-order valence-corrected chi connectivity index (χ3v) is 2.05. The quantitative estimate of drug-likeness (QED) is 0.749. The molecule has 0 aliphatic rings. The molecule has 13 heavy (non-hydrogen) atoms. The molecule has 1 rings (SSSR count). The number of hydrogen-bond acceptors (Lipinski definition) is 2. The molecule has 0 aliphatic carbocycles. The number of rotatable bonds is 3. The molecule has 0 bridgehead atoms. The van der Waals surface area contributed by atoms with Gasteiger partial charge in [0.05, 0.1) is 0 Å². The number of phenolic OH excluding ortho intramolecular Hbond substituents is 1. The Hall–Kier alpha value is -1.09. The molecule has 1 atom stereocenters. The third kappa shape index (κ3) is 2.18. The van der Waals surface area contributed by atoms with Crippen molar-refractivity contribution in [2.45, 2.75) is 12.8 Å². The van der Waals surface area contributed by atoms with E-state index in [1.54, 1.807) is 12.1 Å². The summed E-state index contributed by atoms with van der Waals surface area (Å²) < 4.78 is 13.3. The first-order chi connectivity index (χ1) is 6.16. The van der Waals surface area contributed by atoms with E-state index >= 15 is 0 Å². The first kappa shape index (κ1) is 9.99. The summed E-state index contributed by atoms with van der Waals surface area (Å²) in [5.74, 6) is -0.720. The molecule has 0 saturated carbocycles. The minimum absolute atomic E-state index is 0.0668. The van der Waals surface area contributed by atoms with Gasteiger partial charge in [-0.25, -0.2) is 4.39 Å². The minimum Gasteiger partial charge on any atom is -0.505 e. The van der Waals surface area contributed by atoms with Crippen molar-refractivity contribution < 1.29 is 9.50 Å². The monoisotopic (exact) mass is 183 g/mol. The average Bonchev–Trinajstić information content (AvgIpc) is 2.10. The number of hydrogen-bond donors (Lipinski definition) is 2. The maximum Gasteiger partial charge on any atom is 0.168 e. The van der Waals surface area contributed by atoms with Gasteiger partial charge in [0.15, 0.2) is 11.6 Å². The van der Waals surface area contributed by atoms with Gasteiger partial charge in [-0.3, -0.25) is 0 Å². The molecule has 0 fully saturated rings. The molecule has 0 saturated heterocycles. The lowest BCUT2D eigenvalue weighted by Crippen LogP contribution is -2.15. The van der Waals surface area contributed by atoms with E-state index in [1.807, 2.05) is 14.0 Å². The molecule has 0 heterocycles. The zero-order chi connectivity index (χ0) is 9.84. The molecule has 2 nitrogen and oxygen atoms in total. The van der Waals surface area contributed by atoms with Gasteiger partial charge in [-0.2, -0.15) is 0 Å². The molecule has 0 radical (unpaired) electrons. The van der Waals surface area contributed by atoms with Crippen LogP contribution in [0.4, 0.5) is 4.39 Å². The van der Waals surface area contributed by atoms with E-state index in [0.29, 0.717) is 12.1 Å². The topological polar surface area (TPSA) is 32.3 Å². The van der Waals surface area contributed by atoms with Gasteiger partial charge >= 0.3 is 0 Å². The van der Waals surface area contributed by atoms with E-state index in [1.165, 1.54) is 6.07 Å². The zero-order valence-corrected chi connectivity index (χ0v) is 7.84. The summed E-state index contributed by atoms with van der Waals surface area (Å²) in [6, 6.07) is 4.70. The van der Waals surface area contributed by atoms with Crippen LogP contribution in [0.25, 0.3) is 0 Å². The van der Waals surface area contributed by atoms with E-state index in [0.717, 1.165) is 0 Å². The van der Waals surface area contributed by atoms with Crippen molar-refractivity contribution in [3.05, 3.63) is 29.6 Å². The molecule has 0 spiro atoms. The summed E-state index contributed by atoms with van der Waals surface area (Å²) in [5, 5.41) is 12.1. The summed E-state index contributed by atoms with van der Waals surface area (Å²) in [5.41, 5.74) is 0.550. The number of phenols is 1. The molecule has 2 N–H and O–H groups in total. The lowest BCUT2D eigenvalue weighted by Gasteiger charge is -2.12. The summed E-state index contributed by atoms with van der Waals surface area (Å²) in [6.07, 6.45) is 0. The molecule has 72 valence electrons. The molecule has 1 unspecified atom stereocenters. The van der Waals surface area contributed by atoms with E-state index in [2.05, 4.69) is 5.32 Å². The van der Waals surface area contributed by atoms with Gasteiger partial charge in [0.25, 0.3) is 0 Å². The van der Waals surface area contributed by atoms with E-state index in [4.69, 9.17) is 5.11 Å². The number of likely N-dealkylation sites (N-methyl/N-ethyl adjacent to an activating group) is 1. The molecule has 3 heteroatoms. The minimum atomic E-state index is -0.509. The molecule has 0 aromatic heterocycles. The average molecular weight is 183 g/mol. The Morgan fingerprint density at radius 2 is 2.23 bits per heavy atom. The lowest BCUT2D eigenvalue weighted by molar-refractivity contribution is 0.425. The van der Waals surface area contributed by atoms with Crippen LogP contribution in [0.3, 0.4) is 0 Å². The second kappa shape index (κ2) is 4.23. The van der Waals surface area contributed by atoms with Crippen LogP contribution >= 0.6 is 0 Å². The summed E-state index contributed by atoms with van der Waals surface area (Å²) >= 11 is 0. The molecule has 0 aliphatic heterocycles. The second-order valence-corrected chi connectivity index (χ2v) is 3.14. The van der Waals surface area contributed by atoms with Gasteiger partial charge in [0.2, 0.25) is 0 Å². The van der Waals surface area contributed by atoms with E-state index < -0.39 is 5.82 Å². The standard InChI is InChI=1S/C10H14FNO/c1-7(6-12-2)8-4-3-5-9(13)10(8)11/h3-5,7,12-13H,6H2,1-2H3. The summed E-state index contributed by atoms with van der Waals surface area (Å²) in [6.45, 7) is 2.61. The number of halogens is 1. The van der Waals surface area contributed by atoms with Crippen LogP contribution in [0.15, 0.2) is 18.2 Å². The van der Waals surface area contributed by atoms with Crippen molar-refractivity contribution in [2.24, 2.45) is 0 Å². The normalized spacial score (nSPS) is 12.8. The zero-order valence-electron chi connectivity index (χ0n) is 7.84. The predicted molar refractivity (Wildman–Crippen MR) is 50.4 cm³/mol. The Morgan fingerprint density at radius 1 is 1.54 bits per heavy atom. The van der Waals surface area contributed by atoms with Crippen LogP contribution in [0, 0.1) is 5.82 Å². The van der Waals surface area contributed by atoms with Gasteiger partial charge in [-0.1, -0.05) is 19.1 Å². The molecule has 1 aromatic carbocycles. The fraction of sp³-hybridized carbons (Fsp3) is 0.400. The molecule has 1 aromatic rings. The molecular formula is C10H14FNO. The van der Waals surface area contributed by atoms with Gasteiger partial charge < -0.3 is 10.4 Å². The second-order valence-electron chi connectivity index (χ2n) is 3.14. The maximum absolute atomic E-state index is 13.3. The van der Waals surface area contributed by atoms with Crippen molar-refractivity contribution >= 4 is 0 Å². The van der Waals surface area contributed by atoms with Crippen molar-refractivity contribution in [3.8, 4) is 5.75 Å². The van der Waals surface area contributed by atoms with Gasteiger partial charge in [0, 0.05) is 6.54 Å². The Balaban J connectivity index is 2.93. The van der Waals surface area contributed by atoms with Crippen LogP contribution in [0.5, 0.6) is 5.75 Å². The predicted octanol–water partition coefficient (Wildman–Crippen LogP) is 1.85. The summed E-state index contributed by atoms with van der Waals surface area (Å²) in [4.78, 5) is 0. The van der Waals surface area contributed by atoms with Crippen molar-refractivity contribution in [1.82, 2.24) is 5.32 Å². The van der Waals surface area contributed by atoms with Gasteiger partial charge in [-0.15, -0.1) is 0 Å².